The van der Waals surface area contributed by atoms with Gasteiger partial charge in [-0.2, -0.15) is 0 Å². The minimum atomic E-state index is 0.721. The van der Waals surface area contributed by atoms with Crippen LogP contribution >= 0.6 is 15.9 Å². The van der Waals surface area contributed by atoms with Crippen LogP contribution in [0.4, 0.5) is 0 Å². The van der Waals surface area contributed by atoms with Gasteiger partial charge in [0.1, 0.15) is 0 Å². The molecule has 1 saturated heterocycles. The Morgan fingerprint density at radius 2 is 2.05 bits per heavy atom. The largest absolute Gasteiger partial charge is 0.381 e. The van der Waals surface area contributed by atoms with Gasteiger partial charge in [0.25, 0.3) is 0 Å². The van der Waals surface area contributed by atoms with E-state index < -0.39 is 0 Å². The smallest absolute Gasteiger partial charge is 0.0468 e. The fourth-order valence-electron chi connectivity index (χ4n) is 3.15. The van der Waals surface area contributed by atoms with E-state index in [1.165, 1.54) is 35.7 Å². The van der Waals surface area contributed by atoms with Crippen molar-refractivity contribution in [2.75, 3.05) is 26.3 Å². The number of hydrogen-bond donors (Lipinski definition) is 1. The Balaban J connectivity index is 1.92. The van der Waals surface area contributed by atoms with E-state index in [9.17, 15) is 0 Å². The first-order valence-electron chi connectivity index (χ1n) is 8.31. The first-order valence-corrected chi connectivity index (χ1v) is 9.10. The molecule has 0 aromatic heterocycles. The van der Waals surface area contributed by atoms with Crippen LogP contribution in [0.1, 0.15) is 38.2 Å². The fraction of sp³-hybridized carbons (Fsp3) is 0.667. The third kappa shape index (κ3) is 6.09. The van der Waals surface area contributed by atoms with Crippen molar-refractivity contribution in [3.8, 4) is 0 Å². The van der Waals surface area contributed by atoms with Gasteiger partial charge in [0.2, 0.25) is 0 Å². The van der Waals surface area contributed by atoms with Crippen LogP contribution in [0, 0.1) is 11.8 Å². The molecule has 0 bridgehead atoms. The van der Waals surface area contributed by atoms with Crippen molar-refractivity contribution in [1.82, 2.24) is 5.32 Å². The lowest BCUT2D eigenvalue weighted by molar-refractivity contribution is 0.0585. The average molecular weight is 354 g/mol. The summed E-state index contributed by atoms with van der Waals surface area (Å²) in [5, 5.41) is 3.62. The lowest BCUT2D eigenvalue weighted by Crippen LogP contribution is -2.28. The number of nitrogens with one attached hydrogen (secondary N) is 1. The molecule has 118 valence electrons. The molecule has 1 aliphatic heterocycles. The van der Waals surface area contributed by atoms with Crippen molar-refractivity contribution < 1.29 is 4.74 Å². The number of halogens is 1. The summed E-state index contributed by atoms with van der Waals surface area (Å²) in [6.45, 7) is 6.39. The zero-order valence-electron chi connectivity index (χ0n) is 13.1. The van der Waals surface area contributed by atoms with Gasteiger partial charge in [0.05, 0.1) is 0 Å². The van der Waals surface area contributed by atoms with E-state index in [0.717, 1.165) is 44.6 Å². The second-order valence-corrected chi connectivity index (χ2v) is 7.01. The molecule has 0 aliphatic carbocycles. The van der Waals surface area contributed by atoms with Crippen molar-refractivity contribution in [1.29, 1.82) is 0 Å². The monoisotopic (exact) mass is 353 g/mol. The Bertz CT molecular complexity index is 404. The summed E-state index contributed by atoms with van der Waals surface area (Å²) in [6, 6.07) is 8.64. The molecule has 0 spiro atoms. The predicted octanol–water partition coefficient (Wildman–Crippen LogP) is 4.42. The van der Waals surface area contributed by atoms with Crippen LogP contribution in [0.25, 0.3) is 0 Å². The topological polar surface area (TPSA) is 21.3 Å². The molecular formula is C18H28BrNO. The Labute approximate surface area is 137 Å². The molecule has 1 aliphatic rings. The van der Waals surface area contributed by atoms with Gasteiger partial charge in [-0.1, -0.05) is 41.1 Å². The van der Waals surface area contributed by atoms with E-state index in [1.54, 1.807) is 0 Å². The molecule has 1 heterocycles. The van der Waals surface area contributed by atoms with Crippen molar-refractivity contribution in [3.63, 3.8) is 0 Å². The van der Waals surface area contributed by atoms with Crippen LogP contribution in [-0.4, -0.2) is 26.3 Å². The van der Waals surface area contributed by atoms with Gasteiger partial charge in [-0.05, 0) is 68.7 Å². The Morgan fingerprint density at radius 3 is 2.76 bits per heavy atom. The van der Waals surface area contributed by atoms with Gasteiger partial charge >= 0.3 is 0 Å². The summed E-state index contributed by atoms with van der Waals surface area (Å²) in [5.74, 6) is 1.56. The van der Waals surface area contributed by atoms with E-state index in [4.69, 9.17) is 4.74 Å². The van der Waals surface area contributed by atoms with Crippen LogP contribution in [0.15, 0.2) is 28.7 Å². The first kappa shape index (κ1) is 17.0. The summed E-state index contributed by atoms with van der Waals surface area (Å²) in [4.78, 5) is 0. The standard InChI is InChI=1S/C18H28BrNO/c1-2-9-20-14-16(12-15-7-10-21-11-8-15)13-17-5-3-4-6-18(17)19/h3-6,15-16,20H,2,7-14H2,1H3. The number of hydrogen-bond acceptors (Lipinski definition) is 2. The van der Waals surface area contributed by atoms with Crippen LogP contribution < -0.4 is 5.32 Å². The molecule has 1 aromatic rings. The zero-order chi connectivity index (χ0) is 14.9. The van der Waals surface area contributed by atoms with Gasteiger partial charge in [0, 0.05) is 17.7 Å². The minimum Gasteiger partial charge on any atom is -0.381 e. The molecule has 0 saturated carbocycles. The number of benzene rings is 1. The highest BCUT2D eigenvalue weighted by Gasteiger charge is 2.20. The summed E-state index contributed by atoms with van der Waals surface area (Å²) in [5.41, 5.74) is 1.44. The highest BCUT2D eigenvalue weighted by atomic mass is 79.9. The van der Waals surface area contributed by atoms with E-state index in [2.05, 4.69) is 52.4 Å². The highest BCUT2D eigenvalue weighted by Crippen LogP contribution is 2.27. The van der Waals surface area contributed by atoms with Gasteiger partial charge in [-0.15, -0.1) is 0 Å². The lowest BCUT2D eigenvalue weighted by Gasteiger charge is -2.27. The van der Waals surface area contributed by atoms with E-state index >= 15 is 0 Å². The second kappa shape index (κ2) is 9.60. The van der Waals surface area contributed by atoms with Crippen molar-refractivity contribution in [3.05, 3.63) is 34.3 Å². The molecule has 1 N–H and O–H groups in total. The summed E-state index contributed by atoms with van der Waals surface area (Å²) >= 11 is 3.69. The molecule has 2 rings (SSSR count). The third-order valence-corrected chi connectivity index (χ3v) is 5.11. The summed E-state index contributed by atoms with van der Waals surface area (Å²) in [7, 11) is 0. The zero-order valence-corrected chi connectivity index (χ0v) is 14.7. The second-order valence-electron chi connectivity index (χ2n) is 6.16. The van der Waals surface area contributed by atoms with E-state index in [1.807, 2.05) is 0 Å². The van der Waals surface area contributed by atoms with Gasteiger partial charge in [0.15, 0.2) is 0 Å². The maximum atomic E-state index is 5.49. The maximum Gasteiger partial charge on any atom is 0.0468 e. The molecule has 2 nitrogen and oxygen atoms in total. The van der Waals surface area contributed by atoms with Crippen molar-refractivity contribution in [2.24, 2.45) is 11.8 Å². The Kier molecular flexibility index (Phi) is 7.76. The molecule has 3 heteroatoms. The SMILES string of the molecule is CCCNCC(Cc1ccccc1Br)CC1CCOCC1. The van der Waals surface area contributed by atoms with E-state index in [-0.39, 0.29) is 0 Å². The van der Waals surface area contributed by atoms with Crippen molar-refractivity contribution >= 4 is 15.9 Å². The quantitative estimate of drug-likeness (QED) is 0.698. The lowest BCUT2D eigenvalue weighted by atomic mass is 9.85. The van der Waals surface area contributed by atoms with Crippen LogP contribution in [-0.2, 0) is 11.2 Å². The maximum absolute atomic E-state index is 5.49. The Morgan fingerprint density at radius 1 is 1.29 bits per heavy atom. The molecule has 1 atom stereocenters. The van der Waals surface area contributed by atoms with Crippen LogP contribution in [0.2, 0.25) is 0 Å². The molecule has 1 aromatic carbocycles. The Hall–Kier alpha value is -0.380. The molecule has 21 heavy (non-hydrogen) atoms. The summed E-state index contributed by atoms with van der Waals surface area (Å²) < 4.78 is 6.74. The van der Waals surface area contributed by atoms with Crippen molar-refractivity contribution in [2.45, 2.75) is 39.0 Å². The normalized spacial score (nSPS) is 17.8. The molecular weight excluding hydrogens is 326 g/mol. The van der Waals surface area contributed by atoms with Crippen LogP contribution in [0.3, 0.4) is 0 Å². The van der Waals surface area contributed by atoms with Crippen LogP contribution in [0.5, 0.6) is 0 Å². The van der Waals surface area contributed by atoms with Gasteiger partial charge in [-0.25, -0.2) is 0 Å². The highest BCUT2D eigenvalue weighted by molar-refractivity contribution is 9.10. The molecule has 1 unspecified atom stereocenters. The first-order chi connectivity index (χ1) is 10.3. The van der Waals surface area contributed by atoms with Gasteiger partial charge in [-0.3, -0.25) is 0 Å². The third-order valence-electron chi connectivity index (χ3n) is 4.33. The number of rotatable bonds is 8. The summed E-state index contributed by atoms with van der Waals surface area (Å²) in [6.07, 6.45) is 6.16. The van der Waals surface area contributed by atoms with Gasteiger partial charge < -0.3 is 10.1 Å². The average Bonchev–Trinajstić information content (AvgIpc) is 2.51. The predicted molar refractivity (Wildman–Crippen MR) is 92.7 cm³/mol. The van der Waals surface area contributed by atoms with E-state index in [0.29, 0.717) is 0 Å². The minimum absolute atomic E-state index is 0.721. The molecule has 0 amide bonds. The fourth-order valence-corrected chi connectivity index (χ4v) is 3.60. The molecule has 1 fully saturated rings. The molecule has 0 radical (unpaired) electrons. The number of ether oxygens (including phenoxy) is 1.